The van der Waals surface area contributed by atoms with E-state index in [2.05, 4.69) is 21.6 Å². The van der Waals surface area contributed by atoms with Crippen LogP contribution in [0.4, 0.5) is 0 Å². The largest absolute Gasteiger partial charge is 0.378 e. The van der Waals surface area contributed by atoms with E-state index >= 15 is 0 Å². The van der Waals surface area contributed by atoms with Gasteiger partial charge in [0.2, 0.25) is 0 Å². The maximum atomic E-state index is 12.2. The lowest BCUT2D eigenvalue weighted by Crippen LogP contribution is -2.29. The van der Waals surface area contributed by atoms with Gasteiger partial charge in [-0.3, -0.25) is 9.48 Å². The molecule has 4 aromatic rings. The molecule has 0 aliphatic rings. The molecule has 0 radical (unpaired) electrons. The molecular formula is C21H20N4O3. The van der Waals surface area contributed by atoms with Crippen molar-refractivity contribution in [3.8, 4) is 11.3 Å². The number of aliphatic hydroxyl groups excluding tert-OH is 1. The van der Waals surface area contributed by atoms with Gasteiger partial charge in [-0.25, -0.2) is 0 Å². The average molecular weight is 376 g/mol. The van der Waals surface area contributed by atoms with E-state index in [-0.39, 0.29) is 6.54 Å². The van der Waals surface area contributed by atoms with Gasteiger partial charge in [0, 0.05) is 30.4 Å². The number of nitrogens with one attached hydrogen (secondary N) is 1. The van der Waals surface area contributed by atoms with Crippen LogP contribution in [0.25, 0.3) is 22.1 Å². The molecule has 4 rings (SSSR count). The van der Waals surface area contributed by atoms with Gasteiger partial charge >= 0.3 is 0 Å². The van der Waals surface area contributed by atoms with Crippen molar-refractivity contribution in [2.45, 2.75) is 19.6 Å². The SMILES string of the molecule is Cc1nn(C)cc1C(O)C(=O)NCc1cc(-c2ccc3ccccc3c2)on1. The van der Waals surface area contributed by atoms with E-state index < -0.39 is 12.0 Å². The third-order valence-electron chi connectivity index (χ3n) is 4.63. The maximum absolute atomic E-state index is 12.2. The van der Waals surface area contributed by atoms with E-state index in [9.17, 15) is 9.90 Å². The first-order valence-corrected chi connectivity index (χ1v) is 8.92. The van der Waals surface area contributed by atoms with Crippen molar-refractivity contribution in [2.24, 2.45) is 7.05 Å². The highest BCUT2D eigenvalue weighted by Crippen LogP contribution is 2.25. The van der Waals surface area contributed by atoms with Crippen LogP contribution in [-0.4, -0.2) is 26.0 Å². The Morgan fingerprint density at radius 3 is 2.75 bits per heavy atom. The van der Waals surface area contributed by atoms with Crippen molar-refractivity contribution >= 4 is 16.7 Å². The fourth-order valence-electron chi connectivity index (χ4n) is 3.18. The standard InChI is InChI=1S/C21H20N4O3/c1-13-18(12-25(2)23-13)20(26)21(27)22-11-17-10-19(28-24-17)16-8-7-14-5-3-4-6-15(14)9-16/h3-10,12,20,26H,11H2,1-2H3,(H,22,27). The fraction of sp³-hybridized carbons (Fsp3) is 0.190. The van der Waals surface area contributed by atoms with Gasteiger partial charge in [0.15, 0.2) is 11.9 Å². The topological polar surface area (TPSA) is 93.2 Å². The van der Waals surface area contributed by atoms with E-state index in [1.165, 1.54) is 0 Å². The van der Waals surface area contributed by atoms with Crippen molar-refractivity contribution in [1.29, 1.82) is 0 Å². The molecule has 0 aliphatic carbocycles. The number of amides is 1. The zero-order valence-electron chi connectivity index (χ0n) is 15.6. The van der Waals surface area contributed by atoms with Gasteiger partial charge in [0.05, 0.1) is 12.2 Å². The number of fused-ring (bicyclic) bond motifs is 1. The molecule has 1 amide bonds. The first-order chi connectivity index (χ1) is 13.5. The van der Waals surface area contributed by atoms with Crippen LogP contribution in [0.2, 0.25) is 0 Å². The molecule has 7 heteroatoms. The van der Waals surface area contributed by atoms with Gasteiger partial charge in [-0.15, -0.1) is 0 Å². The average Bonchev–Trinajstić information content (AvgIpc) is 3.31. The summed E-state index contributed by atoms with van der Waals surface area (Å²) in [5.41, 5.74) is 2.59. The zero-order chi connectivity index (χ0) is 19.7. The third kappa shape index (κ3) is 3.52. The number of benzene rings is 2. The number of hydrogen-bond acceptors (Lipinski definition) is 5. The number of rotatable bonds is 5. The first-order valence-electron chi connectivity index (χ1n) is 8.92. The Bertz CT molecular complexity index is 1150. The molecule has 0 saturated carbocycles. The monoisotopic (exact) mass is 376 g/mol. The van der Waals surface area contributed by atoms with Crippen molar-refractivity contribution < 1.29 is 14.4 Å². The molecule has 1 unspecified atom stereocenters. The number of aromatic nitrogens is 3. The second-order valence-corrected chi connectivity index (χ2v) is 6.71. The van der Waals surface area contributed by atoms with Crippen LogP contribution >= 0.6 is 0 Å². The van der Waals surface area contributed by atoms with E-state index in [0.29, 0.717) is 22.7 Å². The lowest BCUT2D eigenvalue weighted by Gasteiger charge is -2.09. The Balaban J connectivity index is 1.44. The molecular weight excluding hydrogens is 356 g/mol. The molecule has 2 aromatic heterocycles. The number of aryl methyl sites for hydroxylation is 2. The van der Waals surface area contributed by atoms with Crippen LogP contribution in [0.1, 0.15) is 23.1 Å². The number of nitrogens with zero attached hydrogens (tertiary/aromatic N) is 3. The molecule has 2 N–H and O–H groups in total. The maximum Gasteiger partial charge on any atom is 0.253 e. The molecule has 28 heavy (non-hydrogen) atoms. The molecule has 1 atom stereocenters. The van der Waals surface area contributed by atoms with Crippen molar-refractivity contribution in [3.63, 3.8) is 0 Å². The zero-order valence-corrected chi connectivity index (χ0v) is 15.6. The quantitative estimate of drug-likeness (QED) is 0.559. The van der Waals surface area contributed by atoms with E-state index in [0.717, 1.165) is 16.3 Å². The highest BCUT2D eigenvalue weighted by molar-refractivity contribution is 5.86. The summed E-state index contributed by atoms with van der Waals surface area (Å²) in [4.78, 5) is 12.2. The smallest absolute Gasteiger partial charge is 0.253 e. The summed E-state index contributed by atoms with van der Waals surface area (Å²) in [6.07, 6.45) is 0.355. The predicted molar refractivity (Wildman–Crippen MR) is 104 cm³/mol. The molecule has 142 valence electrons. The Morgan fingerprint density at radius 2 is 2.00 bits per heavy atom. The highest BCUT2D eigenvalue weighted by atomic mass is 16.5. The minimum Gasteiger partial charge on any atom is -0.378 e. The normalized spacial score (nSPS) is 12.2. The minimum absolute atomic E-state index is 0.159. The van der Waals surface area contributed by atoms with Crippen LogP contribution in [0.3, 0.4) is 0 Å². The molecule has 0 saturated heterocycles. The highest BCUT2D eigenvalue weighted by Gasteiger charge is 2.21. The van der Waals surface area contributed by atoms with Crippen LogP contribution in [0.15, 0.2) is 59.3 Å². The molecule has 7 nitrogen and oxygen atoms in total. The van der Waals surface area contributed by atoms with Crippen molar-refractivity contribution in [2.75, 3.05) is 0 Å². The summed E-state index contributed by atoms with van der Waals surface area (Å²) in [5.74, 6) is 0.116. The van der Waals surface area contributed by atoms with Crippen molar-refractivity contribution in [1.82, 2.24) is 20.3 Å². The van der Waals surface area contributed by atoms with Crippen LogP contribution < -0.4 is 5.32 Å². The van der Waals surface area contributed by atoms with E-state index in [1.54, 1.807) is 30.9 Å². The molecule has 0 aliphatic heterocycles. The number of hydrogen-bond donors (Lipinski definition) is 2. The lowest BCUT2D eigenvalue weighted by atomic mass is 10.1. The van der Waals surface area contributed by atoms with Crippen LogP contribution in [0, 0.1) is 6.92 Å². The number of carbonyl (C=O) groups excluding carboxylic acids is 1. The van der Waals surface area contributed by atoms with Gasteiger partial charge in [0.25, 0.3) is 5.91 Å². The molecule has 0 bridgehead atoms. The fourth-order valence-corrected chi connectivity index (χ4v) is 3.18. The Hall–Kier alpha value is -3.45. The molecule has 0 spiro atoms. The summed E-state index contributed by atoms with van der Waals surface area (Å²) in [6, 6.07) is 15.9. The first kappa shape index (κ1) is 17.9. The Kier molecular flexibility index (Phi) is 4.67. The van der Waals surface area contributed by atoms with Crippen LogP contribution in [0.5, 0.6) is 0 Å². The second-order valence-electron chi connectivity index (χ2n) is 6.71. The number of aliphatic hydroxyl groups is 1. The number of carbonyl (C=O) groups is 1. The van der Waals surface area contributed by atoms with E-state index in [4.69, 9.17) is 4.52 Å². The second kappa shape index (κ2) is 7.28. The lowest BCUT2D eigenvalue weighted by molar-refractivity contribution is -0.129. The third-order valence-corrected chi connectivity index (χ3v) is 4.63. The minimum atomic E-state index is -1.28. The summed E-state index contributed by atoms with van der Waals surface area (Å²) in [5, 5.41) is 23.3. The Morgan fingerprint density at radius 1 is 1.21 bits per heavy atom. The summed E-state index contributed by atoms with van der Waals surface area (Å²) in [7, 11) is 1.74. The van der Waals surface area contributed by atoms with E-state index in [1.807, 2.05) is 36.4 Å². The Labute approximate surface area is 161 Å². The molecule has 2 heterocycles. The van der Waals surface area contributed by atoms with Gasteiger partial charge in [-0.05, 0) is 23.8 Å². The van der Waals surface area contributed by atoms with Gasteiger partial charge in [-0.2, -0.15) is 5.10 Å². The van der Waals surface area contributed by atoms with Gasteiger partial charge in [0.1, 0.15) is 5.69 Å². The summed E-state index contributed by atoms with van der Waals surface area (Å²) in [6.45, 7) is 1.91. The van der Waals surface area contributed by atoms with Crippen molar-refractivity contribution in [3.05, 3.63) is 71.7 Å². The predicted octanol–water partition coefficient (Wildman–Crippen LogP) is 2.89. The summed E-state index contributed by atoms with van der Waals surface area (Å²) < 4.78 is 6.99. The van der Waals surface area contributed by atoms with Gasteiger partial charge < -0.3 is 14.9 Å². The molecule has 0 fully saturated rings. The summed E-state index contributed by atoms with van der Waals surface area (Å²) >= 11 is 0. The molecule has 2 aromatic carbocycles. The van der Waals surface area contributed by atoms with Gasteiger partial charge in [-0.1, -0.05) is 41.6 Å². The van der Waals surface area contributed by atoms with Crippen LogP contribution in [-0.2, 0) is 18.4 Å².